The van der Waals surface area contributed by atoms with E-state index in [1.165, 1.54) is 11.1 Å². The van der Waals surface area contributed by atoms with Crippen LogP contribution in [-0.4, -0.2) is 6.54 Å². The van der Waals surface area contributed by atoms with Gasteiger partial charge >= 0.3 is 0 Å². The first-order chi connectivity index (χ1) is 8.17. The second-order valence-electron chi connectivity index (χ2n) is 4.27. The summed E-state index contributed by atoms with van der Waals surface area (Å²) in [7, 11) is 0. The molecule has 1 atom stereocenters. The molecule has 0 heterocycles. The average molecular weight is 294 g/mol. The van der Waals surface area contributed by atoms with Crippen molar-refractivity contribution in [3.8, 4) is 12.3 Å². The zero-order valence-electron chi connectivity index (χ0n) is 10.6. The predicted molar refractivity (Wildman–Crippen MR) is 78.0 cm³/mol. The second-order valence-corrected chi connectivity index (χ2v) is 5.18. The van der Waals surface area contributed by atoms with E-state index in [0.29, 0.717) is 6.04 Å². The zero-order chi connectivity index (χ0) is 12.7. The third-order valence-electron chi connectivity index (χ3n) is 2.73. The average Bonchev–Trinajstić information content (AvgIpc) is 2.27. The molecular weight excluding hydrogens is 274 g/mol. The lowest BCUT2D eigenvalue weighted by Gasteiger charge is -2.19. The van der Waals surface area contributed by atoms with Gasteiger partial charge < -0.3 is 5.32 Å². The smallest absolute Gasteiger partial charge is 0.0320 e. The standard InChI is InChI=1S/C15H20BrN/c1-4-6-7-8-15(17-5-2)13-9-12(3)10-14(16)11-13/h1,9-11,15,17H,5-8H2,2-3H3. The van der Waals surface area contributed by atoms with Crippen molar-refractivity contribution < 1.29 is 0 Å². The van der Waals surface area contributed by atoms with Gasteiger partial charge in [-0.1, -0.05) is 28.9 Å². The Labute approximate surface area is 113 Å². The summed E-state index contributed by atoms with van der Waals surface area (Å²) in [6.07, 6.45) is 8.31. The Morgan fingerprint density at radius 3 is 2.76 bits per heavy atom. The fourth-order valence-corrected chi connectivity index (χ4v) is 2.63. The largest absolute Gasteiger partial charge is 0.310 e. The number of halogens is 1. The van der Waals surface area contributed by atoms with Crippen molar-refractivity contribution >= 4 is 15.9 Å². The van der Waals surface area contributed by atoms with E-state index in [9.17, 15) is 0 Å². The molecule has 1 aromatic carbocycles. The predicted octanol–water partition coefficient (Wildman–Crippen LogP) is 4.21. The quantitative estimate of drug-likeness (QED) is 0.612. The van der Waals surface area contributed by atoms with E-state index in [-0.39, 0.29) is 0 Å². The highest BCUT2D eigenvalue weighted by molar-refractivity contribution is 9.10. The molecule has 0 saturated heterocycles. The first kappa shape index (κ1) is 14.3. The summed E-state index contributed by atoms with van der Waals surface area (Å²) in [5, 5.41) is 3.52. The van der Waals surface area contributed by atoms with Crippen LogP contribution in [0.5, 0.6) is 0 Å². The van der Waals surface area contributed by atoms with Gasteiger partial charge in [0.05, 0.1) is 0 Å². The zero-order valence-corrected chi connectivity index (χ0v) is 12.2. The minimum absolute atomic E-state index is 0.407. The van der Waals surface area contributed by atoms with Gasteiger partial charge in [0, 0.05) is 16.9 Å². The number of rotatable bonds is 6. The van der Waals surface area contributed by atoms with Crippen LogP contribution >= 0.6 is 15.9 Å². The van der Waals surface area contributed by atoms with Crippen molar-refractivity contribution in [3.63, 3.8) is 0 Å². The Bertz CT molecular complexity index is 372. The lowest BCUT2D eigenvalue weighted by atomic mass is 9.99. The van der Waals surface area contributed by atoms with E-state index in [0.717, 1.165) is 30.3 Å². The Morgan fingerprint density at radius 1 is 1.41 bits per heavy atom. The number of aryl methyl sites for hydroxylation is 1. The Balaban J connectivity index is 2.77. The van der Waals surface area contributed by atoms with Crippen molar-refractivity contribution in [1.82, 2.24) is 5.32 Å². The van der Waals surface area contributed by atoms with E-state index in [1.807, 2.05) is 0 Å². The van der Waals surface area contributed by atoms with Gasteiger partial charge in [-0.3, -0.25) is 0 Å². The molecule has 0 aliphatic heterocycles. The highest BCUT2D eigenvalue weighted by Gasteiger charge is 2.10. The molecule has 1 nitrogen and oxygen atoms in total. The maximum absolute atomic E-state index is 5.30. The molecule has 0 aliphatic carbocycles. The van der Waals surface area contributed by atoms with Crippen LogP contribution in [0.3, 0.4) is 0 Å². The number of hydrogen-bond donors (Lipinski definition) is 1. The molecule has 17 heavy (non-hydrogen) atoms. The summed E-state index contributed by atoms with van der Waals surface area (Å²) in [5.74, 6) is 2.70. The van der Waals surface area contributed by atoms with Crippen molar-refractivity contribution in [2.24, 2.45) is 0 Å². The van der Waals surface area contributed by atoms with Gasteiger partial charge in [-0.15, -0.1) is 12.3 Å². The van der Waals surface area contributed by atoms with Crippen LogP contribution in [-0.2, 0) is 0 Å². The summed E-state index contributed by atoms with van der Waals surface area (Å²) >= 11 is 3.55. The van der Waals surface area contributed by atoms with E-state index in [4.69, 9.17) is 6.42 Å². The maximum atomic E-state index is 5.30. The van der Waals surface area contributed by atoms with E-state index < -0.39 is 0 Å². The molecule has 0 radical (unpaired) electrons. The summed E-state index contributed by atoms with van der Waals surface area (Å²) in [4.78, 5) is 0. The molecule has 1 rings (SSSR count). The van der Waals surface area contributed by atoms with Gasteiger partial charge in [-0.2, -0.15) is 0 Å². The summed E-state index contributed by atoms with van der Waals surface area (Å²) in [5.41, 5.74) is 2.63. The normalized spacial score (nSPS) is 12.1. The third kappa shape index (κ3) is 4.93. The van der Waals surface area contributed by atoms with Crippen molar-refractivity contribution in [2.45, 2.75) is 39.2 Å². The van der Waals surface area contributed by atoms with Gasteiger partial charge in [0.1, 0.15) is 0 Å². The van der Waals surface area contributed by atoms with Crippen LogP contribution in [0, 0.1) is 19.3 Å². The monoisotopic (exact) mass is 293 g/mol. The SMILES string of the molecule is C#CCCCC(NCC)c1cc(C)cc(Br)c1. The van der Waals surface area contributed by atoms with Crippen molar-refractivity contribution in [1.29, 1.82) is 0 Å². The Hall–Kier alpha value is -0.780. The molecule has 0 bridgehead atoms. The van der Waals surface area contributed by atoms with Gasteiger partial charge in [0.25, 0.3) is 0 Å². The molecule has 0 fully saturated rings. The second kappa shape index (κ2) is 7.53. The third-order valence-corrected chi connectivity index (χ3v) is 3.19. The highest BCUT2D eigenvalue weighted by atomic mass is 79.9. The first-order valence-electron chi connectivity index (χ1n) is 6.11. The summed E-state index contributed by atoms with van der Waals surface area (Å²) < 4.78 is 1.15. The lowest BCUT2D eigenvalue weighted by Crippen LogP contribution is -2.21. The molecule has 0 spiro atoms. The van der Waals surface area contributed by atoms with Crippen LogP contribution in [0.25, 0.3) is 0 Å². The topological polar surface area (TPSA) is 12.0 Å². The van der Waals surface area contributed by atoms with Crippen molar-refractivity contribution in [2.75, 3.05) is 6.54 Å². The van der Waals surface area contributed by atoms with E-state index in [2.05, 4.69) is 59.2 Å². The molecule has 0 aliphatic rings. The van der Waals surface area contributed by atoms with E-state index >= 15 is 0 Å². The number of terminal acetylenes is 1. The number of benzene rings is 1. The van der Waals surface area contributed by atoms with Crippen LogP contribution in [0.4, 0.5) is 0 Å². The van der Waals surface area contributed by atoms with Gasteiger partial charge in [-0.25, -0.2) is 0 Å². The number of unbranched alkanes of at least 4 members (excludes halogenated alkanes) is 1. The molecular formula is C15H20BrN. The van der Waals surface area contributed by atoms with Crippen molar-refractivity contribution in [3.05, 3.63) is 33.8 Å². The molecule has 1 aromatic rings. The van der Waals surface area contributed by atoms with Crippen LogP contribution in [0.2, 0.25) is 0 Å². The minimum Gasteiger partial charge on any atom is -0.310 e. The van der Waals surface area contributed by atoms with Gasteiger partial charge in [0.2, 0.25) is 0 Å². The fraction of sp³-hybridized carbons (Fsp3) is 0.467. The lowest BCUT2D eigenvalue weighted by molar-refractivity contribution is 0.501. The molecule has 0 saturated carbocycles. The minimum atomic E-state index is 0.407. The summed E-state index contributed by atoms with van der Waals surface area (Å²) in [6, 6.07) is 6.97. The molecule has 1 N–H and O–H groups in total. The molecule has 0 amide bonds. The van der Waals surface area contributed by atoms with E-state index in [1.54, 1.807) is 0 Å². The van der Waals surface area contributed by atoms with Gasteiger partial charge in [-0.05, 0) is 49.6 Å². The maximum Gasteiger partial charge on any atom is 0.0320 e. The van der Waals surface area contributed by atoms with Crippen LogP contribution in [0.1, 0.15) is 43.4 Å². The van der Waals surface area contributed by atoms with Gasteiger partial charge in [0.15, 0.2) is 0 Å². The Morgan fingerprint density at radius 2 is 2.18 bits per heavy atom. The first-order valence-corrected chi connectivity index (χ1v) is 6.90. The fourth-order valence-electron chi connectivity index (χ4n) is 2.01. The molecule has 2 heteroatoms. The number of hydrogen-bond acceptors (Lipinski definition) is 1. The molecule has 92 valence electrons. The Kier molecular flexibility index (Phi) is 6.32. The van der Waals surface area contributed by atoms with Crippen LogP contribution < -0.4 is 5.32 Å². The van der Waals surface area contributed by atoms with Crippen LogP contribution in [0.15, 0.2) is 22.7 Å². The summed E-state index contributed by atoms with van der Waals surface area (Å²) in [6.45, 7) is 5.24. The molecule has 0 aromatic heterocycles. The highest BCUT2D eigenvalue weighted by Crippen LogP contribution is 2.24. The number of nitrogens with one attached hydrogen (secondary N) is 1. The molecule has 1 unspecified atom stereocenters.